The van der Waals surface area contributed by atoms with Crippen LogP contribution in [-0.4, -0.2) is 46.8 Å². The van der Waals surface area contributed by atoms with Gasteiger partial charge in [0, 0.05) is 30.5 Å². The van der Waals surface area contributed by atoms with Crippen molar-refractivity contribution >= 4 is 0 Å². The molecule has 0 spiro atoms. The summed E-state index contributed by atoms with van der Waals surface area (Å²) >= 11 is 0. The molecule has 0 saturated carbocycles. The van der Waals surface area contributed by atoms with Gasteiger partial charge in [-0.05, 0) is 25.5 Å². The van der Waals surface area contributed by atoms with E-state index in [1.807, 2.05) is 12.1 Å². The highest BCUT2D eigenvalue weighted by atomic mass is 16.5. The normalized spacial score (nSPS) is 31.1. The zero-order valence-corrected chi connectivity index (χ0v) is 9.83. The number of nitrogens with zero attached hydrogens (tertiary/aromatic N) is 2. The summed E-state index contributed by atoms with van der Waals surface area (Å²) in [5.74, 6) is 0. The van der Waals surface area contributed by atoms with Crippen molar-refractivity contribution in [3.63, 3.8) is 0 Å². The van der Waals surface area contributed by atoms with Gasteiger partial charge in [-0.3, -0.25) is 9.88 Å². The molecule has 0 aliphatic carbocycles. The second kappa shape index (κ2) is 4.72. The molecule has 0 amide bonds. The number of fused-ring (bicyclic) bond motifs is 1. The molecule has 1 N–H and O–H groups in total. The topological polar surface area (TPSA) is 45.6 Å². The molecule has 3 rings (SSSR count). The number of aliphatic hydroxyl groups excluding tert-OH is 1. The summed E-state index contributed by atoms with van der Waals surface area (Å²) in [7, 11) is 0. The zero-order chi connectivity index (χ0) is 11.7. The maximum absolute atomic E-state index is 10.3. The predicted molar refractivity (Wildman–Crippen MR) is 63.5 cm³/mol. The Hall–Kier alpha value is -0.970. The molecular weight excluding hydrogens is 216 g/mol. The highest BCUT2D eigenvalue weighted by Gasteiger charge is 2.35. The third-order valence-corrected chi connectivity index (χ3v) is 3.79. The molecule has 3 unspecified atom stereocenters. The van der Waals surface area contributed by atoms with Crippen molar-refractivity contribution < 1.29 is 9.84 Å². The van der Waals surface area contributed by atoms with Gasteiger partial charge in [-0.25, -0.2) is 0 Å². The Bertz CT molecular complexity index is 371. The highest BCUT2D eigenvalue weighted by molar-refractivity contribution is 5.13. The molecule has 4 nitrogen and oxygen atoms in total. The van der Waals surface area contributed by atoms with Gasteiger partial charge in [0.05, 0.1) is 6.61 Å². The number of morpholine rings is 1. The fourth-order valence-corrected chi connectivity index (χ4v) is 2.80. The van der Waals surface area contributed by atoms with Crippen molar-refractivity contribution in [1.29, 1.82) is 0 Å². The van der Waals surface area contributed by atoms with Gasteiger partial charge >= 0.3 is 0 Å². The first-order chi connectivity index (χ1) is 8.34. The third-order valence-electron chi connectivity index (χ3n) is 3.79. The van der Waals surface area contributed by atoms with Gasteiger partial charge < -0.3 is 9.84 Å². The van der Waals surface area contributed by atoms with Crippen LogP contribution in [-0.2, 0) is 4.74 Å². The lowest BCUT2D eigenvalue weighted by Gasteiger charge is -2.37. The number of hydrogen-bond donors (Lipinski definition) is 1. The summed E-state index contributed by atoms with van der Waals surface area (Å²) in [5.41, 5.74) is 0.843. The van der Waals surface area contributed by atoms with Gasteiger partial charge in [0.1, 0.15) is 12.2 Å². The Morgan fingerprint density at radius 1 is 1.53 bits per heavy atom. The largest absolute Gasteiger partial charge is 0.386 e. The van der Waals surface area contributed by atoms with E-state index >= 15 is 0 Å². The van der Waals surface area contributed by atoms with Crippen LogP contribution < -0.4 is 0 Å². The summed E-state index contributed by atoms with van der Waals surface area (Å²) in [4.78, 5) is 6.48. The standard InChI is InChI=1S/C13H18N2O2/c16-13(10-3-1-5-14-7-10)12-8-15-6-2-4-11(15)9-17-12/h1,3,5,7,11-13,16H,2,4,6,8-9H2. The number of pyridine rings is 1. The van der Waals surface area contributed by atoms with Crippen molar-refractivity contribution in [1.82, 2.24) is 9.88 Å². The number of hydrogen-bond acceptors (Lipinski definition) is 4. The van der Waals surface area contributed by atoms with Gasteiger partial charge in [0.15, 0.2) is 0 Å². The summed E-state index contributed by atoms with van der Waals surface area (Å²) < 4.78 is 5.79. The van der Waals surface area contributed by atoms with Crippen LogP contribution >= 0.6 is 0 Å². The average Bonchev–Trinajstić information content (AvgIpc) is 2.86. The Kier molecular flexibility index (Phi) is 3.09. The molecule has 2 saturated heterocycles. The minimum Gasteiger partial charge on any atom is -0.386 e. The Labute approximate surface area is 101 Å². The Balaban J connectivity index is 1.69. The van der Waals surface area contributed by atoms with Crippen molar-refractivity contribution in [3.05, 3.63) is 30.1 Å². The number of aromatic nitrogens is 1. The monoisotopic (exact) mass is 234 g/mol. The number of ether oxygens (including phenoxy) is 1. The maximum atomic E-state index is 10.3. The summed E-state index contributed by atoms with van der Waals surface area (Å²) in [6.07, 6.45) is 5.23. The molecule has 1 aromatic rings. The number of aliphatic hydroxyl groups is 1. The zero-order valence-electron chi connectivity index (χ0n) is 9.83. The molecule has 3 atom stereocenters. The minimum absolute atomic E-state index is 0.117. The van der Waals surface area contributed by atoms with Gasteiger partial charge in [-0.1, -0.05) is 6.07 Å². The van der Waals surface area contributed by atoms with E-state index in [9.17, 15) is 5.11 Å². The van der Waals surface area contributed by atoms with E-state index < -0.39 is 6.10 Å². The lowest BCUT2D eigenvalue weighted by molar-refractivity contribution is -0.103. The van der Waals surface area contributed by atoms with E-state index in [1.54, 1.807) is 12.4 Å². The van der Waals surface area contributed by atoms with Crippen LogP contribution in [0.15, 0.2) is 24.5 Å². The van der Waals surface area contributed by atoms with Gasteiger partial charge in [0.2, 0.25) is 0 Å². The van der Waals surface area contributed by atoms with E-state index in [4.69, 9.17) is 4.74 Å². The Morgan fingerprint density at radius 3 is 3.29 bits per heavy atom. The second-order valence-corrected chi connectivity index (χ2v) is 4.89. The van der Waals surface area contributed by atoms with Gasteiger partial charge in [-0.15, -0.1) is 0 Å². The molecule has 0 aromatic carbocycles. The SMILES string of the molecule is OC(c1cccnc1)C1CN2CCCC2CO1. The van der Waals surface area contributed by atoms with E-state index in [0.29, 0.717) is 6.04 Å². The molecule has 3 heterocycles. The molecular formula is C13H18N2O2. The van der Waals surface area contributed by atoms with Crippen LogP contribution in [0.5, 0.6) is 0 Å². The fraction of sp³-hybridized carbons (Fsp3) is 0.615. The molecule has 1 aromatic heterocycles. The predicted octanol–water partition coefficient (Wildman–Crippen LogP) is 0.978. The van der Waals surface area contributed by atoms with Crippen LogP contribution in [0.25, 0.3) is 0 Å². The molecule has 0 bridgehead atoms. The van der Waals surface area contributed by atoms with Crippen LogP contribution in [0.1, 0.15) is 24.5 Å². The smallest absolute Gasteiger partial charge is 0.108 e. The van der Waals surface area contributed by atoms with Crippen molar-refractivity contribution in [2.75, 3.05) is 19.7 Å². The lowest BCUT2D eigenvalue weighted by Crippen LogP contribution is -2.48. The summed E-state index contributed by atoms with van der Waals surface area (Å²) in [6.45, 7) is 2.73. The van der Waals surface area contributed by atoms with Crippen molar-refractivity contribution in [2.24, 2.45) is 0 Å². The van der Waals surface area contributed by atoms with E-state index in [0.717, 1.165) is 25.3 Å². The summed E-state index contributed by atoms with van der Waals surface area (Å²) in [6, 6.07) is 4.32. The van der Waals surface area contributed by atoms with Crippen molar-refractivity contribution in [2.45, 2.75) is 31.1 Å². The molecule has 17 heavy (non-hydrogen) atoms. The first-order valence-corrected chi connectivity index (χ1v) is 6.28. The molecule has 4 heteroatoms. The number of rotatable bonds is 2. The van der Waals surface area contributed by atoms with E-state index in [2.05, 4.69) is 9.88 Å². The quantitative estimate of drug-likeness (QED) is 0.828. The minimum atomic E-state index is -0.565. The van der Waals surface area contributed by atoms with Gasteiger partial charge in [-0.2, -0.15) is 0 Å². The average molecular weight is 234 g/mol. The lowest BCUT2D eigenvalue weighted by atomic mass is 10.0. The molecule has 0 radical (unpaired) electrons. The molecule has 92 valence electrons. The summed E-state index contributed by atoms with van der Waals surface area (Å²) in [5, 5.41) is 10.3. The van der Waals surface area contributed by atoms with E-state index in [-0.39, 0.29) is 6.10 Å². The van der Waals surface area contributed by atoms with Crippen LogP contribution in [0.4, 0.5) is 0 Å². The molecule has 2 aliphatic heterocycles. The maximum Gasteiger partial charge on any atom is 0.108 e. The van der Waals surface area contributed by atoms with Crippen LogP contribution in [0.2, 0.25) is 0 Å². The first-order valence-electron chi connectivity index (χ1n) is 6.28. The van der Waals surface area contributed by atoms with Crippen molar-refractivity contribution in [3.8, 4) is 0 Å². The van der Waals surface area contributed by atoms with Crippen LogP contribution in [0, 0.1) is 0 Å². The van der Waals surface area contributed by atoms with E-state index in [1.165, 1.54) is 12.8 Å². The second-order valence-electron chi connectivity index (χ2n) is 4.89. The highest BCUT2D eigenvalue weighted by Crippen LogP contribution is 2.28. The first kappa shape index (κ1) is 11.1. The Morgan fingerprint density at radius 2 is 2.47 bits per heavy atom. The van der Waals surface area contributed by atoms with Crippen LogP contribution in [0.3, 0.4) is 0 Å². The third kappa shape index (κ3) is 2.20. The van der Waals surface area contributed by atoms with Gasteiger partial charge in [0.25, 0.3) is 0 Å². The molecule has 2 aliphatic rings. The fourth-order valence-electron chi connectivity index (χ4n) is 2.80. The molecule has 2 fully saturated rings.